The van der Waals surface area contributed by atoms with Crippen LogP contribution in [0, 0.1) is 5.92 Å². The molecule has 0 spiro atoms. The first-order valence-corrected chi connectivity index (χ1v) is 4.73. The third-order valence-electron chi connectivity index (χ3n) is 2.95. The number of fused-ring (bicyclic) bond motifs is 1. The second-order valence-corrected chi connectivity index (χ2v) is 4.26. The predicted molar refractivity (Wildman–Crippen MR) is 46.6 cm³/mol. The van der Waals surface area contributed by atoms with Crippen LogP contribution in [-0.2, 0) is 0 Å². The lowest BCUT2D eigenvalue weighted by Crippen LogP contribution is -2.52. The fourth-order valence-electron chi connectivity index (χ4n) is 2.43. The van der Waals surface area contributed by atoms with Crippen molar-refractivity contribution in [2.75, 3.05) is 19.6 Å². The van der Waals surface area contributed by atoms with Gasteiger partial charge in [0.15, 0.2) is 0 Å². The lowest BCUT2D eigenvalue weighted by Gasteiger charge is -2.34. The van der Waals surface area contributed by atoms with E-state index in [1.807, 2.05) is 0 Å². The zero-order valence-electron chi connectivity index (χ0n) is 7.51. The molecule has 2 fully saturated rings. The van der Waals surface area contributed by atoms with Gasteiger partial charge < -0.3 is 5.32 Å². The van der Waals surface area contributed by atoms with E-state index in [1.165, 1.54) is 26.1 Å². The Morgan fingerprint density at radius 2 is 2.09 bits per heavy atom. The Morgan fingerprint density at radius 1 is 1.27 bits per heavy atom. The molecule has 3 unspecified atom stereocenters. The molecule has 2 saturated heterocycles. The van der Waals surface area contributed by atoms with Gasteiger partial charge in [0.2, 0.25) is 0 Å². The van der Waals surface area contributed by atoms with Crippen molar-refractivity contribution in [3.05, 3.63) is 0 Å². The largest absolute Gasteiger partial charge is 0.311 e. The normalized spacial score (nSPS) is 45.8. The van der Waals surface area contributed by atoms with Crippen molar-refractivity contribution in [3.63, 3.8) is 0 Å². The van der Waals surface area contributed by atoms with Gasteiger partial charge in [-0.1, -0.05) is 6.92 Å². The standard InChI is InChI=1S/C9H18N2/c1-7-3-9-4-10-8(2)6-11(9)5-7/h7-10H,3-6H2,1-2H3. The van der Waals surface area contributed by atoms with Crippen LogP contribution >= 0.6 is 0 Å². The number of piperazine rings is 1. The zero-order valence-corrected chi connectivity index (χ0v) is 7.51. The van der Waals surface area contributed by atoms with Gasteiger partial charge in [-0.15, -0.1) is 0 Å². The number of nitrogens with zero attached hydrogens (tertiary/aromatic N) is 1. The third-order valence-corrected chi connectivity index (χ3v) is 2.95. The maximum Gasteiger partial charge on any atom is 0.0224 e. The summed E-state index contributed by atoms with van der Waals surface area (Å²) < 4.78 is 0. The van der Waals surface area contributed by atoms with Crippen LogP contribution in [0.2, 0.25) is 0 Å². The summed E-state index contributed by atoms with van der Waals surface area (Å²) in [7, 11) is 0. The zero-order chi connectivity index (χ0) is 7.84. The summed E-state index contributed by atoms with van der Waals surface area (Å²) in [4.78, 5) is 2.64. The molecular weight excluding hydrogens is 136 g/mol. The molecule has 11 heavy (non-hydrogen) atoms. The van der Waals surface area contributed by atoms with Crippen molar-refractivity contribution in [1.82, 2.24) is 10.2 Å². The van der Waals surface area contributed by atoms with Crippen molar-refractivity contribution < 1.29 is 0 Å². The summed E-state index contributed by atoms with van der Waals surface area (Å²) >= 11 is 0. The monoisotopic (exact) mass is 154 g/mol. The van der Waals surface area contributed by atoms with Gasteiger partial charge in [-0.05, 0) is 19.3 Å². The average Bonchev–Trinajstić information content (AvgIpc) is 2.27. The number of rotatable bonds is 0. The Morgan fingerprint density at radius 3 is 2.91 bits per heavy atom. The van der Waals surface area contributed by atoms with Crippen molar-refractivity contribution in [1.29, 1.82) is 0 Å². The topological polar surface area (TPSA) is 15.3 Å². The summed E-state index contributed by atoms with van der Waals surface area (Å²) in [6, 6.07) is 1.55. The van der Waals surface area contributed by atoms with Crippen LogP contribution in [0.25, 0.3) is 0 Å². The second kappa shape index (κ2) is 2.76. The number of hydrogen-bond acceptors (Lipinski definition) is 2. The van der Waals surface area contributed by atoms with Crippen LogP contribution in [0.3, 0.4) is 0 Å². The van der Waals surface area contributed by atoms with E-state index in [0.29, 0.717) is 6.04 Å². The molecule has 2 heteroatoms. The molecule has 2 aliphatic rings. The van der Waals surface area contributed by atoms with E-state index in [0.717, 1.165) is 12.0 Å². The smallest absolute Gasteiger partial charge is 0.0224 e. The first-order valence-electron chi connectivity index (χ1n) is 4.73. The molecule has 0 saturated carbocycles. The van der Waals surface area contributed by atoms with Gasteiger partial charge in [0.25, 0.3) is 0 Å². The van der Waals surface area contributed by atoms with Crippen LogP contribution in [0.15, 0.2) is 0 Å². The summed E-state index contributed by atoms with van der Waals surface area (Å²) in [5.41, 5.74) is 0. The fraction of sp³-hybridized carbons (Fsp3) is 1.00. The molecule has 0 bridgehead atoms. The lowest BCUT2D eigenvalue weighted by atomic mass is 10.1. The van der Waals surface area contributed by atoms with Crippen molar-refractivity contribution in [2.24, 2.45) is 5.92 Å². The van der Waals surface area contributed by atoms with E-state index >= 15 is 0 Å². The molecule has 2 heterocycles. The van der Waals surface area contributed by atoms with E-state index in [1.54, 1.807) is 0 Å². The minimum absolute atomic E-state index is 0.705. The maximum absolute atomic E-state index is 3.53. The Hall–Kier alpha value is -0.0800. The van der Waals surface area contributed by atoms with Crippen LogP contribution in [0.5, 0.6) is 0 Å². The summed E-state index contributed by atoms with van der Waals surface area (Å²) in [6.07, 6.45) is 1.40. The molecule has 64 valence electrons. The van der Waals surface area contributed by atoms with Crippen molar-refractivity contribution >= 4 is 0 Å². The van der Waals surface area contributed by atoms with E-state index < -0.39 is 0 Å². The minimum Gasteiger partial charge on any atom is -0.311 e. The first kappa shape index (κ1) is 7.56. The molecule has 0 aromatic heterocycles. The fourth-order valence-corrected chi connectivity index (χ4v) is 2.43. The van der Waals surface area contributed by atoms with Gasteiger partial charge in [0.1, 0.15) is 0 Å². The Bertz CT molecular complexity index is 146. The second-order valence-electron chi connectivity index (χ2n) is 4.26. The first-order chi connectivity index (χ1) is 5.25. The summed E-state index contributed by atoms with van der Waals surface area (Å²) in [6.45, 7) is 8.44. The number of nitrogens with one attached hydrogen (secondary N) is 1. The van der Waals surface area contributed by atoms with Gasteiger partial charge in [0.05, 0.1) is 0 Å². The highest BCUT2D eigenvalue weighted by Gasteiger charge is 2.32. The van der Waals surface area contributed by atoms with E-state index in [2.05, 4.69) is 24.1 Å². The highest BCUT2D eigenvalue weighted by Crippen LogP contribution is 2.24. The Balaban J connectivity index is 1.97. The number of hydrogen-bond donors (Lipinski definition) is 1. The highest BCUT2D eigenvalue weighted by molar-refractivity contribution is 4.90. The Kier molecular flexibility index (Phi) is 1.90. The summed E-state index contributed by atoms with van der Waals surface area (Å²) in [5.74, 6) is 0.923. The van der Waals surface area contributed by atoms with Crippen LogP contribution in [0.4, 0.5) is 0 Å². The van der Waals surface area contributed by atoms with Gasteiger partial charge >= 0.3 is 0 Å². The molecule has 2 nitrogen and oxygen atoms in total. The molecule has 0 aliphatic carbocycles. The van der Waals surface area contributed by atoms with Crippen molar-refractivity contribution in [2.45, 2.75) is 32.4 Å². The molecule has 0 aromatic carbocycles. The van der Waals surface area contributed by atoms with Crippen LogP contribution < -0.4 is 5.32 Å². The summed E-state index contributed by atoms with van der Waals surface area (Å²) in [5, 5.41) is 3.53. The molecule has 0 aromatic rings. The highest BCUT2D eigenvalue weighted by atomic mass is 15.2. The third kappa shape index (κ3) is 1.42. The molecule has 0 radical (unpaired) electrons. The van der Waals surface area contributed by atoms with E-state index in [9.17, 15) is 0 Å². The quantitative estimate of drug-likeness (QED) is 0.552. The SMILES string of the molecule is CC1CC2CNC(C)CN2C1. The molecule has 2 rings (SSSR count). The van der Waals surface area contributed by atoms with Crippen LogP contribution in [0.1, 0.15) is 20.3 Å². The molecular formula is C9H18N2. The van der Waals surface area contributed by atoms with Crippen molar-refractivity contribution in [3.8, 4) is 0 Å². The van der Waals surface area contributed by atoms with Gasteiger partial charge in [0, 0.05) is 31.7 Å². The minimum atomic E-state index is 0.705. The Labute approximate surface area is 69.0 Å². The van der Waals surface area contributed by atoms with Gasteiger partial charge in [-0.25, -0.2) is 0 Å². The maximum atomic E-state index is 3.53. The van der Waals surface area contributed by atoms with Gasteiger partial charge in [-0.2, -0.15) is 0 Å². The molecule has 3 atom stereocenters. The molecule has 0 amide bonds. The average molecular weight is 154 g/mol. The lowest BCUT2D eigenvalue weighted by molar-refractivity contribution is 0.179. The predicted octanol–water partition coefficient (Wildman–Crippen LogP) is 0.689. The van der Waals surface area contributed by atoms with E-state index in [-0.39, 0.29) is 0 Å². The van der Waals surface area contributed by atoms with Gasteiger partial charge in [-0.3, -0.25) is 4.90 Å². The van der Waals surface area contributed by atoms with Crippen LogP contribution in [-0.4, -0.2) is 36.6 Å². The van der Waals surface area contributed by atoms with E-state index in [4.69, 9.17) is 0 Å². The molecule has 1 N–H and O–H groups in total. The molecule has 2 aliphatic heterocycles.